The lowest BCUT2D eigenvalue weighted by Crippen LogP contribution is -2.65. The van der Waals surface area contributed by atoms with E-state index in [9.17, 15) is 4.79 Å². The molecule has 23 heavy (non-hydrogen) atoms. The zero-order valence-corrected chi connectivity index (χ0v) is 14.3. The number of fused-ring (bicyclic) bond motifs is 3. The van der Waals surface area contributed by atoms with E-state index in [4.69, 9.17) is 0 Å². The standard InChI is InChI=1S/C19H22N2OS/c1-12-11-23-16-3-2-14(10-15(12)16)18(22)20-17-13-4-8-21(9-5-13)19(17)6-7-19/h2-3,10-11,13,17H,4-9H2,1H3,(H,20,22). The fraction of sp³-hybridized carbons (Fsp3) is 0.526. The van der Waals surface area contributed by atoms with Gasteiger partial charge in [0.15, 0.2) is 0 Å². The van der Waals surface area contributed by atoms with Gasteiger partial charge in [-0.25, -0.2) is 0 Å². The van der Waals surface area contributed by atoms with Crippen molar-refractivity contribution < 1.29 is 4.79 Å². The van der Waals surface area contributed by atoms with Crippen LogP contribution < -0.4 is 5.32 Å². The second-order valence-corrected chi connectivity index (χ2v) is 8.42. The van der Waals surface area contributed by atoms with Crippen LogP contribution in [0.1, 0.15) is 41.6 Å². The lowest BCUT2D eigenvalue weighted by molar-refractivity contribution is -0.00144. The summed E-state index contributed by atoms with van der Waals surface area (Å²) >= 11 is 1.75. The van der Waals surface area contributed by atoms with Crippen LogP contribution in [0.2, 0.25) is 0 Å². The van der Waals surface area contributed by atoms with Crippen molar-refractivity contribution >= 4 is 27.3 Å². The third-order valence-electron chi connectivity index (χ3n) is 6.30. The van der Waals surface area contributed by atoms with Crippen LogP contribution in [0.4, 0.5) is 0 Å². The number of thiophene rings is 1. The van der Waals surface area contributed by atoms with E-state index < -0.39 is 0 Å². The molecule has 1 aromatic heterocycles. The Labute approximate surface area is 140 Å². The van der Waals surface area contributed by atoms with Gasteiger partial charge in [0, 0.05) is 15.8 Å². The molecule has 0 radical (unpaired) electrons. The molecule has 1 atom stereocenters. The van der Waals surface area contributed by atoms with Gasteiger partial charge in [-0.05, 0) is 86.1 Å². The van der Waals surface area contributed by atoms with Gasteiger partial charge in [-0.1, -0.05) is 0 Å². The number of amides is 1. The first-order valence-corrected chi connectivity index (χ1v) is 9.59. The molecule has 1 saturated carbocycles. The van der Waals surface area contributed by atoms with Crippen LogP contribution in [0.15, 0.2) is 23.6 Å². The highest BCUT2D eigenvalue weighted by Gasteiger charge is 2.60. The van der Waals surface area contributed by atoms with Crippen LogP contribution >= 0.6 is 11.3 Å². The van der Waals surface area contributed by atoms with Crippen LogP contribution in [0.25, 0.3) is 10.1 Å². The number of hydrogen-bond donors (Lipinski definition) is 1. The second-order valence-electron chi connectivity index (χ2n) is 7.51. The van der Waals surface area contributed by atoms with Crippen LogP contribution in [-0.4, -0.2) is 35.5 Å². The van der Waals surface area contributed by atoms with Crippen LogP contribution in [0.3, 0.4) is 0 Å². The van der Waals surface area contributed by atoms with Crippen molar-refractivity contribution in [2.45, 2.75) is 44.2 Å². The zero-order valence-electron chi connectivity index (χ0n) is 13.5. The molecule has 1 amide bonds. The summed E-state index contributed by atoms with van der Waals surface area (Å²) in [5, 5.41) is 6.80. The SMILES string of the molecule is Cc1csc2ccc(C(=O)NC3C4CCN(CC4)C34CC4)cc12. The number of hydrogen-bond acceptors (Lipinski definition) is 3. The Balaban J connectivity index is 1.43. The van der Waals surface area contributed by atoms with E-state index >= 15 is 0 Å². The van der Waals surface area contributed by atoms with E-state index in [0.717, 1.165) is 5.56 Å². The van der Waals surface area contributed by atoms with Crippen LogP contribution in [-0.2, 0) is 0 Å². The molecule has 4 heteroatoms. The van der Waals surface area contributed by atoms with Crippen molar-refractivity contribution in [2.75, 3.05) is 13.1 Å². The van der Waals surface area contributed by atoms with Gasteiger partial charge in [-0.15, -0.1) is 11.3 Å². The molecule has 1 aromatic carbocycles. The molecule has 120 valence electrons. The van der Waals surface area contributed by atoms with E-state index in [2.05, 4.69) is 34.7 Å². The van der Waals surface area contributed by atoms with E-state index in [1.165, 1.54) is 54.4 Å². The number of benzene rings is 1. The lowest BCUT2D eigenvalue weighted by atomic mass is 9.77. The molecule has 6 rings (SSSR count). The Morgan fingerprint density at radius 2 is 2.09 bits per heavy atom. The molecule has 4 heterocycles. The maximum atomic E-state index is 12.9. The minimum absolute atomic E-state index is 0.113. The number of piperidine rings is 3. The number of carbonyl (C=O) groups excluding carboxylic acids is 1. The number of rotatable bonds is 2. The summed E-state index contributed by atoms with van der Waals surface area (Å²) in [6, 6.07) is 6.49. The van der Waals surface area contributed by atoms with Crippen LogP contribution in [0.5, 0.6) is 0 Å². The van der Waals surface area contributed by atoms with Gasteiger partial charge in [-0.2, -0.15) is 0 Å². The summed E-state index contributed by atoms with van der Waals surface area (Å²) < 4.78 is 1.26. The second kappa shape index (κ2) is 4.81. The normalized spacial score (nSPS) is 30.7. The lowest BCUT2D eigenvalue weighted by Gasteiger charge is -2.52. The number of aryl methyl sites for hydroxylation is 1. The van der Waals surface area contributed by atoms with Gasteiger partial charge in [0.2, 0.25) is 0 Å². The smallest absolute Gasteiger partial charge is 0.251 e. The predicted molar refractivity (Wildman–Crippen MR) is 94.1 cm³/mol. The molecule has 2 bridgehead atoms. The fourth-order valence-corrected chi connectivity index (χ4v) is 5.77. The highest BCUT2D eigenvalue weighted by Crippen LogP contribution is 2.53. The van der Waals surface area contributed by atoms with E-state index in [1.807, 2.05) is 6.07 Å². The Bertz CT molecular complexity index is 784. The Morgan fingerprint density at radius 3 is 2.83 bits per heavy atom. The van der Waals surface area contributed by atoms with Crippen molar-refractivity contribution in [1.29, 1.82) is 0 Å². The molecular formula is C19H22N2OS. The van der Waals surface area contributed by atoms with E-state index in [-0.39, 0.29) is 5.91 Å². The van der Waals surface area contributed by atoms with Gasteiger partial charge in [-0.3, -0.25) is 9.69 Å². The molecule has 3 aliphatic heterocycles. The summed E-state index contributed by atoms with van der Waals surface area (Å²) in [4.78, 5) is 15.5. The number of carbonyl (C=O) groups is 1. The van der Waals surface area contributed by atoms with Gasteiger partial charge in [0.1, 0.15) is 0 Å². The highest BCUT2D eigenvalue weighted by atomic mass is 32.1. The number of nitrogens with one attached hydrogen (secondary N) is 1. The van der Waals surface area contributed by atoms with Crippen LogP contribution in [0, 0.1) is 12.8 Å². The predicted octanol–water partition coefficient (Wildman–Crippen LogP) is 3.57. The number of nitrogens with zero attached hydrogens (tertiary/aromatic N) is 1. The highest BCUT2D eigenvalue weighted by molar-refractivity contribution is 7.17. The fourth-order valence-electron chi connectivity index (χ4n) is 4.84. The maximum Gasteiger partial charge on any atom is 0.251 e. The molecule has 1 spiro atoms. The van der Waals surface area contributed by atoms with Gasteiger partial charge in [0.05, 0.1) is 6.04 Å². The molecule has 1 aliphatic carbocycles. The molecule has 3 saturated heterocycles. The van der Waals surface area contributed by atoms with E-state index in [1.54, 1.807) is 11.3 Å². The third-order valence-corrected chi connectivity index (χ3v) is 7.38. The zero-order chi connectivity index (χ0) is 15.6. The quantitative estimate of drug-likeness (QED) is 0.915. The molecule has 3 nitrogen and oxygen atoms in total. The molecule has 1 N–H and O–H groups in total. The first-order chi connectivity index (χ1) is 11.2. The summed E-state index contributed by atoms with van der Waals surface area (Å²) in [6.45, 7) is 4.58. The van der Waals surface area contributed by atoms with Crippen molar-refractivity contribution in [2.24, 2.45) is 5.92 Å². The summed E-state index contributed by atoms with van der Waals surface area (Å²) in [7, 11) is 0. The maximum absolute atomic E-state index is 12.9. The minimum atomic E-state index is 0.113. The first-order valence-electron chi connectivity index (χ1n) is 8.71. The van der Waals surface area contributed by atoms with Crippen molar-refractivity contribution in [3.8, 4) is 0 Å². The topological polar surface area (TPSA) is 32.3 Å². The van der Waals surface area contributed by atoms with Crippen molar-refractivity contribution in [3.05, 3.63) is 34.7 Å². The average Bonchev–Trinajstić information content (AvgIpc) is 3.28. The molecule has 2 aromatic rings. The van der Waals surface area contributed by atoms with Gasteiger partial charge in [0.25, 0.3) is 5.91 Å². The third kappa shape index (κ3) is 2.01. The summed E-state index contributed by atoms with van der Waals surface area (Å²) in [6.07, 6.45) is 5.01. The van der Waals surface area contributed by atoms with Gasteiger partial charge >= 0.3 is 0 Å². The average molecular weight is 326 g/mol. The van der Waals surface area contributed by atoms with Crippen molar-refractivity contribution in [3.63, 3.8) is 0 Å². The van der Waals surface area contributed by atoms with E-state index in [0.29, 0.717) is 17.5 Å². The monoisotopic (exact) mass is 326 g/mol. The molecular weight excluding hydrogens is 304 g/mol. The van der Waals surface area contributed by atoms with Gasteiger partial charge < -0.3 is 5.32 Å². The molecule has 1 unspecified atom stereocenters. The summed E-state index contributed by atoms with van der Waals surface area (Å²) in [5.41, 5.74) is 2.38. The molecule has 4 fully saturated rings. The minimum Gasteiger partial charge on any atom is -0.347 e. The first kappa shape index (κ1) is 14.0. The summed E-state index contributed by atoms with van der Waals surface area (Å²) in [5.74, 6) is 0.792. The largest absolute Gasteiger partial charge is 0.347 e. The Kier molecular flexibility index (Phi) is 2.92. The Morgan fingerprint density at radius 1 is 1.30 bits per heavy atom. The molecule has 4 aliphatic rings. The Hall–Kier alpha value is -1.39. The van der Waals surface area contributed by atoms with Crippen molar-refractivity contribution in [1.82, 2.24) is 10.2 Å².